The molecular weight excluding hydrogens is 226 g/mol. The summed E-state index contributed by atoms with van der Waals surface area (Å²) in [4.78, 5) is 4.53. The average molecular weight is 243 g/mol. The molecule has 2 N–H and O–H groups in total. The van der Waals surface area contributed by atoms with Gasteiger partial charge in [0.2, 0.25) is 0 Å². The molecule has 1 aromatic heterocycles. The van der Waals surface area contributed by atoms with Gasteiger partial charge in [-0.05, 0) is 43.5 Å². The zero-order valence-electron chi connectivity index (χ0n) is 10.5. The highest BCUT2D eigenvalue weighted by Crippen LogP contribution is 2.33. The van der Waals surface area contributed by atoms with Gasteiger partial charge in [0.1, 0.15) is 0 Å². The minimum absolute atomic E-state index is 0.483. The smallest absolute Gasteiger partial charge is 0.258 e. The molecule has 4 heteroatoms. The number of nitrogen functional groups attached to an aromatic ring is 1. The van der Waals surface area contributed by atoms with E-state index in [2.05, 4.69) is 10.1 Å². The van der Waals surface area contributed by atoms with Crippen LogP contribution in [0.3, 0.4) is 0 Å². The Labute approximate surface area is 106 Å². The first-order valence-corrected chi connectivity index (χ1v) is 6.44. The van der Waals surface area contributed by atoms with Crippen molar-refractivity contribution >= 4 is 5.69 Å². The Morgan fingerprint density at radius 1 is 1.28 bits per heavy atom. The minimum Gasteiger partial charge on any atom is -0.399 e. The van der Waals surface area contributed by atoms with Gasteiger partial charge in [-0.25, -0.2) is 0 Å². The number of nitrogens with zero attached hydrogens (tertiary/aromatic N) is 2. The van der Waals surface area contributed by atoms with Crippen molar-refractivity contribution in [1.29, 1.82) is 0 Å². The first kappa shape index (κ1) is 11.3. The maximum Gasteiger partial charge on any atom is 0.258 e. The van der Waals surface area contributed by atoms with Gasteiger partial charge >= 0.3 is 0 Å². The Kier molecular flexibility index (Phi) is 2.78. The van der Waals surface area contributed by atoms with E-state index >= 15 is 0 Å². The summed E-state index contributed by atoms with van der Waals surface area (Å²) < 4.78 is 5.38. The molecule has 0 radical (unpaired) electrons. The van der Waals surface area contributed by atoms with Gasteiger partial charge in [0.05, 0.1) is 0 Å². The summed E-state index contributed by atoms with van der Waals surface area (Å²) in [6, 6.07) is 5.73. The number of anilines is 1. The van der Waals surface area contributed by atoms with Crippen LogP contribution in [0.4, 0.5) is 5.69 Å². The molecule has 0 amide bonds. The lowest BCUT2D eigenvalue weighted by atomic mass is 10.1. The molecule has 0 spiro atoms. The molecule has 0 aliphatic heterocycles. The van der Waals surface area contributed by atoms with Crippen LogP contribution in [0.5, 0.6) is 0 Å². The molecule has 0 bridgehead atoms. The summed E-state index contributed by atoms with van der Waals surface area (Å²) in [5.74, 6) is 1.95. The molecule has 1 fully saturated rings. The van der Waals surface area contributed by atoms with Crippen LogP contribution in [-0.2, 0) is 0 Å². The van der Waals surface area contributed by atoms with Gasteiger partial charge in [-0.1, -0.05) is 18.0 Å². The normalized spacial score (nSPS) is 16.3. The number of rotatable bonds is 2. The van der Waals surface area contributed by atoms with Crippen LogP contribution < -0.4 is 5.73 Å². The first-order chi connectivity index (χ1) is 8.74. The van der Waals surface area contributed by atoms with Crippen molar-refractivity contribution in [2.45, 2.75) is 38.5 Å². The van der Waals surface area contributed by atoms with Crippen LogP contribution >= 0.6 is 0 Å². The molecule has 1 heterocycles. The summed E-state index contributed by atoms with van der Waals surface area (Å²) in [5.41, 5.74) is 8.54. The highest BCUT2D eigenvalue weighted by molar-refractivity contribution is 5.62. The van der Waals surface area contributed by atoms with Gasteiger partial charge in [-0.3, -0.25) is 0 Å². The lowest BCUT2D eigenvalue weighted by Crippen LogP contribution is -1.95. The minimum atomic E-state index is 0.483. The van der Waals surface area contributed by atoms with Crippen LogP contribution in [0.2, 0.25) is 0 Å². The van der Waals surface area contributed by atoms with Crippen LogP contribution in [0.1, 0.15) is 43.0 Å². The lowest BCUT2D eigenvalue weighted by Gasteiger charge is -2.02. The second-order valence-electron chi connectivity index (χ2n) is 5.01. The number of aryl methyl sites for hydroxylation is 1. The van der Waals surface area contributed by atoms with E-state index in [4.69, 9.17) is 10.3 Å². The van der Waals surface area contributed by atoms with E-state index in [-0.39, 0.29) is 0 Å². The first-order valence-electron chi connectivity index (χ1n) is 6.44. The molecule has 0 saturated heterocycles. The molecule has 0 atom stereocenters. The summed E-state index contributed by atoms with van der Waals surface area (Å²) in [6.45, 7) is 2.01. The third-order valence-corrected chi connectivity index (χ3v) is 3.64. The van der Waals surface area contributed by atoms with Crippen molar-refractivity contribution in [3.63, 3.8) is 0 Å². The Hall–Kier alpha value is -1.84. The average Bonchev–Trinajstić information content (AvgIpc) is 2.99. The predicted octanol–water partition coefficient (Wildman–Crippen LogP) is 3.28. The highest BCUT2D eigenvalue weighted by atomic mass is 16.5. The van der Waals surface area contributed by atoms with Gasteiger partial charge in [0.15, 0.2) is 5.82 Å². The van der Waals surface area contributed by atoms with Crippen molar-refractivity contribution in [3.05, 3.63) is 29.6 Å². The number of hydrogen-bond donors (Lipinski definition) is 1. The largest absolute Gasteiger partial charge is 0.399 e. The number of hydrogen-bond acceptors (Lipinski definition) is 4. The Bertz CT molecular complexity index is 556. The van der Waals surface area contributed by atoms with E-state index in [0.29, 0.717) is 11.8 Å². The molecule has 1 aliphatic carbocycles. The fraction of sp³-hybridized carbons (Fsp3) is 0.429. The van der Waals surface area contributed by atoms with Crippen LogP contribution in [0.25, 0.3) is 11.5 Å². The molecule has 1 saturated carbocycles. The van der Waals surface area contributed by atoms with Gasteiger partial charge in [-0.2, -0.15) is 4.98 Å². The molecule has 1 aromatic carbocycles. The third kappa shape index (κ3) is 1.98. The Morgan fingerprint density at radius 3 is 2.78 bits per heavy atom. The van der Waals surface area contributed by atoms with E-state index in [9.17, 15) is 0 Å². The van der Waals surface area contributed by atoms with E-state index < -0.39 is 0 Å². The van der Waals surface area contributed by atoms with E-state index in [1.54, 1.807) is 0 Å². The van der Waals surface area contributed by atoms with E-state index in [1.807, 2.05) is 25.1 Å². The Morgan fingerprint density at radius 2 is 2.06 bits per heavy atom. The summed E-state index contributed by atoms with van der Waals surface area (Å²) >= 11 is 0. The molecule has 3 rings (SSSR count). The lowest BCUT2D eigenvalue weighted by molar-refractivity contribution is 0.415. The SMILES string of the molecule is Cc1cc(N)ccc1-c1nc(C2CCCC2)no1. The topological polar surface area (TPSA) is 64.9 Å². The number of benzene rings is 1. The molecule has 1 aliphatic rings. The Balaban J connectivity index is 1.92. The zero-order chi connectivity index (χ0) is 12.5. The van der Waals surface area contributed by atoms with Crippen molar-refractivity contribution in [2.75, 3.05) is 5.73 Å². The van der Waals surface area contributed by atoms with Gasteiger partial charge in [0, 0.05) is 17.2 Å². The molecule has 94 valence electrons. The zero-order valence-corrected chi connectivity index (χ0v) is 10.5. The number of aromatic nitrogens is 2. The molecule has 0 unspecified atom stereocenters. The van der Waals surface area contributed by atoms with Crippen LogP contribution in [0.15, 0.2) is 22.7 Å². The quantitative estimate of drug-likeness (QED) is 0.822. The van der Waals surface area contributed by atoms with E-state index in [0.717, 1.165) is 22.6 Å². The molecular formula is C14H17N3O. The molecule has 2 aromatic rings. The van der Waals surface area contributed by atoms with Gasteiger partial charge in [0.25, 0.3) is 5.89 Å². The summed E-state index contributed by atoms with van der Waals surface area (Å²) in [7, 11) is 0. The fourth-order valence-corrected chi connectivity index (χ4v) is 2.62. The summed E-state index contributed by atoms with van der Waals surface area (Å²) in [5, 5.41) is 4.12. The maximum atomic E-state index is 5.74. The van der Waals surface area contributed by atoms with Crippen LogP contribution in [0, 0.1) is 6.92 Å². The van der Waals surface area contributed by atoms with Crippen molar-refractivity contribution in [2.24, 2.45) is 0 Å². The monoisotopic (exact) mass is 243 g/mol. The van der Waals surface area contributed by atoms with Crippen molar-refractivity contribution < 1.29 is 4.52 Å². The van der Waals surface area contributed by atoms with Crippen molar-refractivity contribution in [1.82, 2.24) is 10.1 Å². The predicted molar refractivity (Wildman–Crippen MR) is 70.1 cm³/mol. The number of nitrogens with two attached hydrogens (primary N) is 1. The van der Waals surface area contributed by atoms with Crippen molar-refractivity contribution in [3.8, 4) is 11.5 Å². The van der Waals surface area contributed by atoms with Crippen LogP contribution in [-0.4, -0.2) is 10.1 Å². The van der Waals surface area contributed by atoms with Gasteiger partial charge in [-0.15, -0.1) is 0 Å². The fourth-order valence-electron chi connectivity index (χ4n) is 2.62. The molecule has 18 heavy (non-hydrogen) atoms. The standard InChI is InChI=1S/C14H17N3O/c1-9-8-11(15)6-7-12(9)14-16-13(17-18-14)10-4-2-3-5-10/h6-8,10H,2-5,15H2,1H3. The third-order valence-electron chi connectivity index (χ3n) is 3.64. The molecule has 4 nitrogen and oxygen atoms in total. The second-order valence-corrected chi connectivity index (χ2v) is 5.01. The maximum absolute atomic E-state index is 5.74. The summed E-state index contributed by atoms with van der Waals surface area (Å²) in [6.07, 6.45) is 4.91. The van der Waals surface area contributed by atoms with E-state index in [1.165, 1.54) is 25.7 Å². The second kappa shape index (κ2) is 4.44. The highest BCUT2D eigenvalue weighted by Gasteiger charge is 2.22. The van der Waals surface area contributed by atoms with Gasteiger partial charge < -0.3 is 10.3 Å².